The molecule has 1 amide bonds. The molecular formula is C25H21N3O2S2. The third-order valence-electron chi connectivity index (χ3n) is 5.57. The minimum absolute atomic E-state index is 0.0372. The Kier molecular flexibility index (Phi) is 5.76. The summed E-state index contributed by atoms with van der Waals surface area (Å²) in [5.74, 6) is -0.190. The predicted octanol–water partition coefficient (Wildman–Crippen LogP) is 5.85. The number of fused-ring (bicyclic) bond motifs is 3. The summed E-state index contributed by atoms with van der Waals surface area (Å²) in [4.78, 5) is 36.6. The number of thiophene rings is 1. The first kappa shape index (κ1) is 20.8. The number of anilines is 1. The summed E-state index contributed by atoms with van der Waals surface area (Å²) in [6, 6.07) is 16.8. The number of aromatic nitrogens is 2. The van der Waals surface area contributed by atoms with Crippen molar-refractivity contribution in [2.24, 2.45) is 0 Å². The summed E-state index contributed by atoms with van der Waals surface area (Å²) in [6.07, 6.45) is 4.88. The summed E-state index contributed by atoms with van der Waals surface area (Å²) >= 11 is 3.20. The van der Waals surface area contributed by atoms with E-state index < -0.39 is 5.25 Å². The lowest BCUT2D eigenvalue weighted by atomic mass is 10.1. The van der Waals surface area contributed by atoms with Gasteiger partial charge in [0.15, 0.2) is 5.78 Å². The fraction of sp³-hybridized carbons (Fsp3) is 0.200. The van der Waals surface area contributed by atoms with Crippen LogP contribution in [0.2, 0.25) is 0 Å². The molecule has 0 spiro atoms. The van der Waals surface area contributed by atoms with Crippen molar-refractivity contribution in [1.82, 2.24) is 9.97 Å². The maximum absolute atomic E-state index is 13.4. The molecule has 160 valence electrons. The fourth-order valence-corrected chi connectivity index (χ4v) is 6.45. The predicted molar refractivity (Wildman–Crippen MR) is 130 cm³/mol. The Morgan fingerprint density at radius 1 is 1.06 bits per heavy atom. The van der Waals surface area contributed by atoms with E-state index in [1.165, 1.54) is 29.1 Å². The second-order valence-electron chi connectivity index (χ2n) is 7.75. The Balaban J connectivity index is 1.50. The van der Waals surface area contributed by atoms with Crippen LogP contribution in [-0.2, 0) is 17.6 Å². The summed E-state index contributed by atoms with van der Waals surface area (Å²) in [5, 5.41) is 4.45. The molecule has 5 nitrogen and oxygen atoms in total. The number of rotatable bonds is 6. The number of hydrogen-bond acceptors (Lipinski definition) is 6. The SMILES string of the molecule is CC(=O)c1cccc(NC(=O)C(Sc2ncnc3sc4c(c23)CCC4)c2ccccc2)c1. The van der Waals surface area contributed by atoms with Crippen molar-refractivity contribution in [3.05, 3.63) is 82.5 Å². The van der Waals surface area contributed by atoms with Gasteiger partial charge >= 0.3 is 0 Å². The number of amides is 1. The Morgan fingerprint density at radius 2 is 1.91 bits per heavy atom. The quantitative estimate of drug-likeness (QED) is 0.222. The van der Waals surface area contributed by atoms with Crippen LogP contribution in [0.3, 0.4) is 0 Å². The van der Waals surface area contributed by atoms with E-state index in [-0.39, 0.29) is 11.7 Å². The number of thioether (sulfide) groups is 1. The zero-order valence-corrected chi connectivity index (χ0v) is 19.1. The maximum Gasteiger partial charge on any atom is 0.242 e. The smallest absolute Gasteiger partial charge is 0.242 e. The molecule has 4 aromatic rings. The minimum Gasteiger partial charge on any atom is -0.325 e. The molecule has 2 aromatic carbocycles. The van der Waals surface area contributed by atoms with Gasteiger partial charge < -0.3 is 5.32 Å². The van der Waals surface area contributed by atoms with Crippen LogP contribution in [0.25, 0.3) is 10.2 Å². The van der Waals surface area contributed by atoms with Crippen LogP contribution in [-0.4, -0.2) is 21.7 Å². The Bertz CT molecular complexity index is 1320. The first-order chi connectivity index (χ1) is 15.6. The molecule has 7 heteroatoms. The van der Waals surface area contributed by atoms with E-state index in [0.717, 1.165) is 40.1 Å². The molecule has 0 aliphatic heterocycles. The Labute approximate surface area is 194 Å². The molecule has 32 heavy (non-hydrogen) atoms. The van der Waals surface area contributed by atoms with Crippen LogP contribution in [0.1, 0.15) is 45.0 Å². The largest absolute Gasteiger partial charge is 0.325 e. The van der Waals surface area contributed by atoms with E-state index >= 15 is 0 Å². The van der Waals surface area contributed by atoms with E-state index in [9.17, 15) is 9.59 Å². The number of carbonyl (C=O) groups excluding carboxylic acids is 2. The van der Waals surface area contributed by atoms with Gasteiger partial charge in [0, 0.05) is 21.5 Å². The monoisotopic (exact) mass is 459 g/mol. The number of benzene rings is 2. The van der Waals surface area contributed by atoms with E-state index in [2.05, 4.69) is 15.3 Å². The second kappa shape index (κ2) is 8.84. The molecule has 0 radical (unpaired) electrons. The van der Waals surface area contributed by atoms with Crippen LogP contribution in [0.15, 0.2) is 66.0 Å². The molecule has 1 aliphatic carbocycles. The summed E-state index contributed by atoms with van der Waals surface area (Å²) in [6.45, 7) is 1.52. The molecule has 1 N–H and O–H groups in total. The van der Waals surface area contributed by atoms with E-state index in [1.807, 2.05) is 30.3 Å². The third-order valence-corrected chi connectivity index (χ3v) is 8.03. The number of hydrogen-bond donors (Lipinski definition) is 1. The lowest BCUT2D eigenvalue weighted by Gasteiger charge is -2.17. The van der Waals surface area contributed by atoms with Crippen molar-refractivity contribution in [2.45, 2.75) is 36.5 Å². The number of nitrogens with one attached hydrogen (secondary N) is 1. The van der Waals surface area contributed by atoms with E-state index in [0.29, 0.717) is 11.3 Å². The van der Waals surface area contributed by atoms with Crippen molar-refractivity contribution in [3.63, 3.8) is 0 Å². The molecular weight excluding hydrogens is 438 g/mol. The normalized spacial score (nSPS) is 13.7. The molecule has 0 fully saturated rings. The van der Waals surface area contributed by atoms with Crippen molar-refractivity contribution < 1.29 is 9.59 Å². The zero-order chi connectivity index (χ0) is 22.1. The highest BCUT2D eigenvalue weighted by molar-refractivity contribution is 8.00. The zero-order valence-electron chi connectivity index (χ0n) is 17.5. The third kappa shape index (κ3) is 4.06. The highest BCUT2D eigenvalue weighted by Gasteiger charge is 2.27. The van der Waals surface area contributed by atoms with E-state index in [4.69, 9.17) is 0 Å². The van der Waals surface area contributed by atoms with Gasteiger partial charge in [-0.15, -0.1) is 11.3 Å². The summed E-state index contributed by atoms with van der Waals surface area (Å²) in [5.41, 5.74) is 3.41. The Hall–Kier alpha value is -3.03. The van der Waals surface area contributed by atoms with Crippen molar-refractivity contribution in [3.8, 4) is 0 Å². The Morgan fingerprint density at radius 3 is 2.72 bits per heavy atom. The molecule has 1 atom stereocenters. The lowest BCUT2D eigenvalue weighted by molar-refractivity contribution is -0.115. The highest BCUT2D eigenvalue weighted by Crippen LogP contribution is 2.44. The highest BCUT2D eigenvalue weighted by atomic mass is 32.2. The molecule has 1 aliphatic rings. The van der Waals surface area contributed by atoms with Crippen molar-refractivity contribution >= 4 is 50.7 Å². The number of Topliss-reactive ketones (excluding diaryl/α,β-unsaturated/α-hetero) is 1. The van der Waals surface area contributed by atoms with Crippen LogP contribution >= 0.6 is 23.1 Å². The topological polar surface area (TPSA) is 72.0 Å². The number of nitrogens with zero attached hydrogens (tertiary/aromatic N) is 2. The standard InChI is InChI=1S/C25H21N3O2S2/c1-15(29)17-9-5-10-18(13-17)28-23(30)22(16-7-3-2-4-8-16)32-25-21-19-11-6-12-20(19)31-24(21)26-14-27-25/h2-5,7-10,13-14,22H,6,11-12H2,1H3,(H,28,30). The van der Waals surface area contributed by atoms with Gasteiger partial charge in [0.25, 0.3) is 0 Å². The molecule has 2 aromatic heterocycles. The van der Waals surface area contributed by atoms with Gasteiger partial charge in [0.1, 0.15) is 21.4 Å². The van der Waals surface area contributed by atoms with Gasteiger partial charge in [-0.25, -0.2) is 9.97 Å². The fourth-order valence-electron chi connectivity index (χ4n) is 4.03. The van der Waals surface area contributed by atoms with E-state index in [1.54, 1.807) is 41.9 Å². The van der Waals surface area contributed by atoms with Gasteiger partial charge in [-0.2, -0.15) is 0 Å². The average Bonchev–Trinajstić information content (AvgIpc) is 3.39. The van der Waals surface area contributed by atoms with Gasteiger partial charge in [-0.05, 0) is 49.4 Å². The van der Waals surface area contributed by atoms with Crippen LogP contribution in [0, 0.1) is 0 Å². The number of carbonyl (C=O) groups is 2. The molecule has 2 heterocycles. The molecule has 0 bridgehead atoms. The maximum atomic E-state index is 13.4. The van der Waals surface area contributed by atoms with Crippen LogP contribution < -0.4 is 5.32 Å². The molecule has 5 rings (SSSR count). The van der Waals surface area contributed by atoms with Gasteiger partial charge in [-0.1, -0.05) is 54.2 Å². The van der Waals surface area contributed by atoms with Crippen LogP contribution in [0.5, 0.6) is 0 Å². The number of ketones is 1. The average molecular weight is 460 g/mol. The van der Waals surface area contributed by atoms with Gasteiger partial charge in [0.2, 0.25) is 5.91 Å². The minimum atomic E-state index is -0.493. The first-order valence-electron chi connectivity index (χ1n) is 10.5. The lowest BCUT2D eigenvalue weighted by Crippen LogP contribution is -2.19. The second-order valence-corrected chi connectivity index (χ2v) is 9.93. The summed E-state index contributed by atoms with van der Waals surface area (Å²) < 4.78 is 0. The van der Waals surface area contributed by atoms with Crippen LogP contribution in [0.4, 0.5) is 5.69 Å². The van der Waals surface area contributed by atoms with Crippen molar-refractivity contribution in [2.75, 3.05) is 5.32 Å². The molecule has 0 saturated carbocycles. The van der Waals surface area contributed by atoms with Gasteiger partial charge in [0.05, 0.1) is 0 Å². The summed E-state index contributed by atoms with van der Waals surface area (Å²) in [7, 11) is 0. The number of aryl methyl sites for hydroxylation is 2. The van der Waals surface area contributed by atoms with Gasteiger partial charge in [-0.3, -0.25) is 9.59 Å². The van der Waals surface area contributed by atoms with Crippen molar-refractivity contribution in [1.29, 1.82) is 0 Å². The first-order valence-corrected chi connectivity index (χ1v) is 12.2. The molecule has 1 unspecified atom stereocenters. The molecule has 0 saturated heterocycles.